The molecule has 5 heterocycles. The van der Waals surface area contributed by atoms with Crippen molar-refractivity contribution in [3.8, 4) is 22.5 Å². The van der Waals surface area contributed by atoms with Gasteiger partial charge < -0.3 is 14.5 Å². The van der Waals surface area contributed by atoms with E-state index in [-0.39, 0.29) is 5.92 Å². The van der Waals surface area contributed by atoms with Gasteiger partial charge in [0.15, 0.2) is 0 Å². The predicted molar refractivity (Wildman–Crippen MR) is 135 cm³/mol. The number of nitrogens with one attached hydrogen (secondary N) is 1. The van der Waals surface area contributed by atoms with Crippen molar-refractivity contribution in [1.82, 2.24) is 29.4 Å². The number of benzene rings is 1. The predicted octanol–water partition coefficient (Wildman–Crippen LogP) is 4.90. The molecule has 1 amide bonds. The summed E-state index contributed by atoms with van der Waals surface area (Å²) in [5.41, 5.74) is 7.26. The topological polar surface area (TPSA) is 79.7 Å². The lowest BCUT2D eigenvalue weighted by molar-refractivity contribution is -0.131. The van der Waals surface area contributed by atoms with Crippen molar-refractivity contribution in [2.45, 2.75) is 25.8 Å². The number of rotatable bonds is 5. The number of carbonyl (C=O) groups is 1. The van der Waals surface area contributed by atoms with Gasteiger partial charge in [-0.3, -0.25) is 14.8 Å². The maximum Gasteiger partial charge on any atom is 0.225 e. The van der Waals surface area contributed by atoms with E-state index in [1.54, 1.807) is 0 Å². The quantitative estimate of drug-likeness (QED) is 0.403. The lowest BCUT2D eigenvalue weighted by Crippen LogP contribution is -2.30. The van der Waals surface area contributed by atoms with Gasteiger partial charge in [0.2, 0.25) is 5.91 Å². The lowest BCUT2D eigenvalue weighted by atomic mass is 10.0. The number of nitrogens with zero attached hydrogens (tertiary/aromatic N) is 5. The van der Waals surface area contributed by atoms with Crippen LogP contribution in [0.5, 0.6) is 0 Å². The summed E-state index contributed by atoms with van der Waals surface area (Å²) in [4.78, 5) is 31.7. The number of hydrogen-bond donors (Lipinski definition) is 1. The molecule has 1 saturated carbocycles. The Morgan fingerprint density at radius 1 is 0.971 bits per heavy atom. The van der Waals surface area contributed by atoms with Gasteiger partial charge in [-0.1, -0.05) is 24.3 Å². The molecule has 1 aliphatic carbocycles. The molecule has 7 nitrogen and oxygen atoms in total. The lowest BCUT2D eigenvalue weighted by Gasteiger charge is -2.18. The summed E-state index contributed by atoms with van der Waals surface area (Å²) in [6, 6.07) is 14.7. The fraction of sp³-hybridized carbons (Fsp3) is 0.286. The zero-order valence-electron chi connectivity index (χ0n) is 19.4. The van der Waals surface area contributed by atoms with Crippen LogP contribution in [0.3, 0.4) is 0 Å². The second-order valence-corrected chi connectivity index (χ2v) is 9.84. The van der Waals surface area contributed by atoms with Gasteiger partial charge in [-0.05, 0) is 48.9 Å². The van der Waals surface area contributed by atoms with Crippen LogP contribution in [0, 0.1) is 11.8 Å². The summed E-state index contributed by atoms with van der Waals surface area (Å²) in [5, 5.41) is 0. The van der Waals surface area contributed by atoms with Gasteiger partial charge in [-0.15, -0.1) is 0 Å². The second kappa shape index (κ2) is 8.05. The van der Waals surface area contributed by atoms with Crippen LogP contribution in [-0.4, -0.2) is 48.4 Å². The Kier molecular flexibility index (Phi) is 4.68. The Hall–Kier alpha value is -4.00. The van der Waals surface area contributed by atoms with Crippen LogP contribution >= 0.6 is 0 Å². The summed E-state index contributed by atoms with van der Waals surface area (Å²) in [6.45, 7) is 2.56. The molecule has 0 bridgehead atoms. The molecule has 0 spiro atoms. The van der Waals surface area contributed by atoms with Crippen molar-refractivity contribution in [3.63, 3.8) is 0 Å². The van der Waals surface area contributed by atoms with Gasteiger partial charge >= 0.3 is 0 Å². The van der Waals surface area contributed by atoms with Crippen LogP contribution in [0.4, 0.5) is 0 Å². The van der Waals surface area contributed by atoms with Crippen LogP contribution in [0.2, 0.25) is 0 Å². The van der Waals surface area contributed by atoms with Crippen molar-refractivity contribution < 1.29 is 4.79 Å². The molecular formula is C28H26N6O. The zero-order valence-corrected chi connectivity index (χ0v) is 19.4. The van der Waals surface area contributed by atoms with E-state index >= 15 is 0 Å². The molecule has 1 aromatic carbocycles. The van der Waals surface area contributed by atoms with Crippen LogP contribution in [0.1, 0.15) is 19.3 Å². The minimum atomic E-state index is 0.288. The largest absolute Gasteiger partial charge is 0.360 e. The van der Waals surface area contributed by atoms with Gasteiger partial charge in [-0.2, -0.15) is 0 Å². The third-order valence-corrected chi connectivity index (χ3v) is 7.39. The Labute approximate surface area is 202 Å². The summed E-state index contributed by atoms with van der Waals surface area (Å²) in [6.07, 6.45) is 10.7. The third-order valence-electron chi connectivity index (χ3n) is 7.39. The highest BCUT2D eigenvalue weighted by Gasteiger charge is 2.36. The Bertz CT molecular complexity index is 1550. The van der Waals surface area contributed by atoms with Crippen LogP contribution in [0.25, 0.3) is 44.6 Å². The van der Waals surface area contributed by atoms with Crippen molar-refractivity contribution in [1.29, 1.82) is 0 Å². The van der Waals surface area contributed by atoms with E-state index < -0.39 is 0 Å². The second-order valence-electron chi connectivity index (χ2n) is 9.84. The first-order valence-corrected chi connectivity index (χ1v) is 12.4. The van der Waals surface area contributed by atoms with Gasteiger partial charge in [-0.25, -0.2) is 4.98 Å². The average molecular weight is 463 g/mol. The minimum absolute atomic E-state index is 0.288. The fourth-order valence-corrected chi connectivity index (χ4v) is 5.32. The number of likely N-dealkylation sites (tertiary alicyclic amines) is 1. The molecule has 4 aromatic heterocycles. The molecule has 174 valence electrons. The Balaban J connectivity index is 1.19. The highest BCUT2D eigenvalue weighted by atomic mass is 16.2. The molecule has 0 radical (unpaired) electrons. The zero-order chi connectivity index (χ0) is 23.4. The molecule has 1 atom stereocenters. The fourth-order valence-electron chi connectivity index (χ4n) is 5.32. The number of carbonyl (C=O) groups excluding carboxylic acids is 1. The van der Waals surface area contributed by atoms with Gasteiger partial charge in [0.05, 0.1) is 22.7 Å². The molecule has 2 fully saturated rings. The molecular weight excluding hydrogens is 436 g/mol. The van der Waals surface area contributed by atoms with Crippen LogP contribution in [-0.2, 0) is 11.3 Å². The number of imidazole rings is 1. The standard InChI is InChI=1S/C28H26N6O/c35-28(21-5-6-21)33-12-9-18(16-33)17-34-26-8-10-29-15-25(26)32-27(34)20-3-1-19(2-4-20)22-13-24-23(31-14-22)7-11-30-24/h1-4,7-8,10-11,13-15,18,21,30H,5-6,9,12,16-17H2/t18-/m0/s1. The number of aromatic nitrogens is 5. The highest BCUT2D eigenvalue weighted by Crippen LogP contribution is 2.34. The molecule has 5 aromatic rings. The number of fused-ring (bicyclic) bond motifs is 2. The first kappa shape index (κ1) is 20.4. The molecule has 35 heavy (non-hydrogen) atoms. The number of hydrogen-bond acceptors (Lipinski definition) is 4. The minimum Gasteiger partial charge on any atom is -0.360 e. The SMILES string of the molecule is O=C(C1CC1)N1CC[C@H](Cn2c(-c3ccc(-c4cnc5cc[nH]c5c4)cc3)nc3cnccc32)C1. The van der Waals surface area contributed by atoms with Gasteiger partial charge in [0.25, 0.3) is 0 Å². The normalized spacial score (nSPS) is 18.1. The van der Waals surface area contributed by atoms with E-state index in [0.29, 0.717) is 11.8 Å². The summed E-state index contributed by atoms with van der Waals surface area (Å²) < 4.78 is 2.31. The first-order chi connectivity index (χ1) is 17.2. The molecule has 0 unspecified atom stereocenters. The smallest absolute Gasteiger partial charge is 0.225 e. The summed E-state index contributed by atoms with van der Waals surface area (Å²) in [7, 11) is 0. The third kappa shape index (κ3) is 3.67. The summed E-state index contributed by atoms with van der Waals surface area (Å²) in [5.74, 6) is 2.02. The number of amides is 1. The summed E-state index contributed by atoms with van der Waals surface area (Å²) >= 11 is 0. The van der Waals surface area contributed by atoms with Crippen LogP contribution < -0.4 is 0 Å². The molecule has 7 rings (SSSR count). The van der Waals surface area contributed by atoms with E-state index in [2.05, 4.69) is 54.8 Å². The molecule has 1 N–H and O–H groups in total. The van der Waals surface area contributed by atoms with Gasteiger partial charge in [0.1, 0.15) is 11.3 Å². The van der Waals surface area contributed by atoms with E-state index in [4.69, 9.17) is 4.98 Å². The van der Waals surface area contributed by atoms with Crippen LogP contribution in [0.15, 0.2) is 67.3 Å². The van der Waals surface area contributed by atoms with E-state index in [9.17, 15) is 4.79 Å². The van der Waals surface area contributed by atoms with Gasteiger partial charge in [0, 0.05) is 55.3 Å². The van der Waals surface area contributed by atoms with E-state index in [1.807, 2.05) is 36.9 Å². The van der Waals surface area contributed by atoms with Crippen molar-refractivity contribution >= 4 is 28.0 Å². The van der Waals surface area contributed by atoms with Crippen molar-refractivity contribution in [2.24, 2.45) is 11.8 Å². The maximum atomic E-state index is 12.6. The van der Waals surface area contributed by atoms with Crippen molar-refractivity contribution in [3.05, 3.63) is 67.3 Å². The average Bonchev–Trinajstić information content (AvgIpc) is 3.30. The number of H-pyrrole nitrogens is 1. The Morgan fingerprint density at radius 2 is 1.83 bits per heavy atom. The molecule has 7 heteroatoms. The monoisotopic (exact) mass is 462 g/mol. The van der Waals surface area contributed by atoms with Crippen molar-refractivity contribution in [2.75, 3.05) is 13.1 Å². The number of pyridine rings is 2. The van der Waals surface area contributed by atoms with E-state index in [1.165, 1.54) is 0 Å². The maximum absolute atomic E-state index is 12.6. The Morgan fingerprint density at radius 3 is 2.69 bits per heavy atom. The molecule has 1 saturated heterocycles. The van der Waals surface area contributed by atoms with E-state index in [0.717, 1.165) is 83.5 Å². The molecule has 2 aliphatic rings. The number of aromatic amines is 1. The first-order valence-electron chi connectivity index (χ1n) is 12.4. The highest BCUT2D eigenvalue weighted by molar-refractivity contribution is 5.83. The molecule has 1 aliphatic heterocycles.